The lowest BCUT2D eigenvalue weighted by Crippen LogP contribution is -2.76. The van der Waals surface area contributed by atoms with Crippen LogP contribution in [-0.2, 0) is 0 Å². The van der Waals surface area contributed by atoms with Crippen LogP contribution >= 0.6 is 0 Å². The summed E-state index contributed by atoms with van der Waals surface area (Å²) in [6.07, 6.45) is -4.66. The Labute approximate surface area is 174 Å². The van der Waals surface area contributed by atoms with Crippen molar-refractivity contribution in [1.29, 1.82) is 0 Å². The summed E-state index contributed by atoms with van der Waals surface area (Å²) in [5, 5.41) is 8.80. The number of methoxy groups -OCH3 is 1. The summed E-state index contributed by atoms with van der Waals surface area (Å²) in [5.74, 6) is 1.02. The van der Waals surface area contributed by atoms with E-state index >= 15 is 0 Å². The second kappa shape index (κ2) is 13.2. The summed E-state index contributed by atoms with van der Waals surface area (Å²) in [4.78, 5) is 0. The van der Waals surface area contributed by atoms with Crippen molar-refractivity contribution in [1.82, 2.24) is 0 Å². The lowest BCUT2D eigenvalue weighted by Gasteiger charge is -2.38. The van der Waals surface area contributed by atoms with Crippen LogP contribution in [0, 0.1) is 0 Å². The average molecular weight is 308 g/mol. The molecule has 0 amide bonds. The second-order valence-electron chi connectivity index (χ2n) is 5.93. The molecule has 0 bridgehead atoms. The van der Waals surface area contributed by atoms with Gasteiger partial charge in [0.05, 0.1) is 7.11 Å². The van der Waals surface area contributed by atoms with Crippen LogP contribution in [0.2, 0.25) is 0 Å². The van der Waals surface area contributed by atoms with E-state index in [4.69, 9.17) is 79.5 Å². The molecule has 0 spiro atoms. The Balaban J connectivity index is 0.000000577. The van der Waals surface area contributed by atoms with Gasteiger partial charge in [-0.3, -0.25) is 0 Å². The van der Waals surface area contributed by atoms with Crippen LogP contribution in [0.1, 0.15) is 0 Å². The zero-order valence-electron chi connectivity index (χ0n) is 15.0. The minimum atomic E-state index is -0.796. The molecule has 0 unspecified atom stereocenters. The minimum Gasteiger partial charge on any atom is -0.508 e. The minimum absolute atomic E-state index is 0.260. The third kappa shape index (κ3) is 8.74. The smallest absolute Gasteiger partial charge is 0.119 e. The van der Waals surface area contributed by atoms with E-state index in [0.29, 0.717) is 0 Å². The fraction of sp³-hybridized carbons (Fsp3) is 0.143. The highest BCUT2D eigenvalue weighted by atomic mass is 16.5. The van der Waals surface area contributed by atoms with Gasteiger partial charge in [0.1, 0.15) is 11.5 Å². The van der Waals surface area contributed by atoms with E-state index < -0.39 is 44.7 Å². The van der Waals surface area contributed by atoms with Crippen LogP contribution in [0.5, 0.6) is 11.5 Å². The molecule has 26 heavy (non-hydrogen) atoms. The Hall–Kier alpha value is -0.0761. The molecule has 0 heterocycles. The number of hydrogen-bond donors (Lipinski definition) is 1. The highest BCUT2D eigenvalue weighted by molar-refractivity contribution is 8.15. The molecule has 1 rings (SSSR count). The highest BCUT2D eigenvalue weighted by Crippen LogP contribution is 2.14. The van der Waals surface area contributed by atoms with Gasteiger partial charge in [-0.05, 0) is 24.3 Å². The molecule has 0 aromatic heterocycles. The molecule has 1 aromatic carbocycles. The molecule has 0 aliphatic rings. The van der Waals surface area contributed by atoms with E-state index in [1.54, 1.807) is 31.4 Å². The highest BCUT2D eigenvalue weighted by Gasteiger charge is 2.39. The molecular formula is C7H8B17O2. The monoisotopic (exact) mass is 311 g/mol. The number of ether oxygens (including phenoxy) is 1. The Kier molecular flexibility index (Phi) is 13.1. The zero-order valence-corrected chi connectivity index (χ0v) is 15.0. The molecule has 19 heteroatoms. The van der Waals surface area contributed by atoms with E-state index in [1.165, 1.54) is 7.06 Å². The van der Waals surface area contributed by atoms with Crippen LogP contribution in [0.3, 0.4) is 0 Å². The lowest BCUT2D eigenvalue weighted by atomic mass is 8.43. The molecule has 0 saturated carbocycles. The first kappa shape index (κ1) is 25.9. The van der Waals surface area contributed by atoms with Gasteiger partial charge in [0, 0.05) is 121 Å². The molecule has 0 atom stereocenters. The van der Waals surface area contributed by atoms with Gasteiger partial charge in [0.2, 0.25) is 0 Å². The van der Waals surface area contributed by atoms with Crippen molar-refractivity contribution in [3.8, 4) is 11.5 Å². The Bertz CT molecular complexity index is 473. The van der Waals surface area contributed by atoms with Crippen LogP contribution in [0.15, 0.2) is 24.3 Å². The van der Waals surface area contributed by atoms with Crippen LogP contribution in [0.4, 0.5) is 0 Å². The molecule has 0 fully saturated rings. The van der Waals surface area contributed by atoms with Crippen molar-refractivity contribution in [2.45, 2.75) is 0 Å². The van der Waals surface area contributed by atoms with Crippen LogP contribution in [0.25, 0.3) is 0 Å². The van der Waals surface area contributed by atoms with E-state index in [0.717, 1.165) is 5.75 Å². The molecule has 99 valence electrons. The van der Waals surface area contributed by atoms with Crippen LogP contribution < -0.4 is 4.74 Å². The summed E-state index contributed by atoms with van der Waals surface area (Å²) in [6, 6.07) is 6.57. The number of aromatic hydroxyl groups is 1. The lowest BCUT2D eigenvalue weighted by molar-refractivity contribution is 0.412. The molecule has 1 aromatic rings. The SMILES string of the molecule is COc1ccc(O)cc1.[B][B]B(B([B])[B])B(B([B])[B])B(B([B])[B])B([B])[B]. The standard InChI is InChI=1S/C7H8O2.B17/c1-9-7-4-2-6(8)3-5-7;1-10-15(11(2)3)17(14(8)9)16(12(4)5)13(6)7/h2-5,8H,1H3;. The first-order chi connectivity index (χ1) is 12.1. The zero-order chi connectivity index (χ0) is 20.4. The van der Waals surface area contributed by atoms with Gasteiger partial charge >= 0.3 is 0 Å². The van der Waals surface area contributed by atoms with Crippen molar-refractivity contribution >= 4 is 121 Å². The van der Waals surface area contributed by atoms with Gasteiger partial charge in [-0.2, -0.15) is 0 Å². The molecular weight excluding hydrogens is 300 g/mol. The number of phenolic OH excluding ortho intramolecular Hbond substituents is 1. The molecule has 0 aliphatic heterocycles. The van der Waals surface area contributed by atoms with Crippen LogP contribution in [-0.4, -0.2) is 134 Å². The number of rotatable bonds is 8. The van der Waals surface area contributed by atoms with E-state index in [2.05, 4.69) is 0 Å². The quantitative estimate of drug-likeness (QED) is 0.487. The van der Waals surface area contributed by atoms with Gasteiger partial charge in [-0.15, -0.1) is 0 Å². The summed E-state index contributed by atoms with van der Waals surface area (Å²) >= 11 is 0. The second-order valence-corrected chi connectivity index (χ2v) is 5.93. The maximum atomic E-state index is 8.80. The summed E-state index contributed by atoms with van der Waals surface area (Å²) in [5.41, 5.74) is 0. The predicted molar refractivity (Wildman–Crippen MR) is 132 cm³/mol. The fourth-order valence-corrected chi connectivity index (χ4v) is 2.64. The van der Waals surface area contributed by atoms with Crippen molar-refractivity contribution in [3.63, 3.8) is 0 Å². The van der Waals surface area contributed by atoms with Gasteiger partial charge in [0.25, 0.3) is 0 Å². The molecule has 1 N–H and O–H groups in total. The number of benzene rings is 1. The molecule has 0 saturated heterocycles. The largest absolute Gasteiger partial charge is 0.508 e. The summed E-state index contributed by atoms with van der Waals surface area (Å²) < 4.78 is 4.86. The van der Waals surface area contributed by atoms with Gasteiger partial charge in [-0.1, -0.05) is 0 Å². The van der Waals surface area contributed by atoms with E-state index in [-0.39, 0.29) is 5.75 Å². The maximum absolute atomic E-state index is 8.80. The summed E-state index contributed by atoms with van der Waals surface area (Å²) in [7, 11) is 53.6. The third-order valence-corrected chi connectivity index (χ3v) is 3.96. The maximum Gasteiger partial charge on any atom is 0.119 e. The predicted octanol–water partition coefficient (Wildman–Crippen LogP) is -5.07. The van der Waals surface area contributed by atoms with Gasteiger partial charge < -0.3 is 9.84 Å². The molecule has 0 aliphatic carbocycles. The van der Waals surface area contributed by atoms with E-state index in [1.807, 2.05) is 0 Å². The Morgan fingerprint density at radius 1 is 0.769 bits per heavy atom. The van der Waals surface area contributed by atoms with Crippen molar-refractivity contribution in [2.24, 2.45) is 0 Å². The topological polar surface area (TPSA) is 29.5 Å². The van der Waals surface area contributed by atoms with Gasteiger partial charge in [-0.25, -0.2) is 0 Å². The Morgan fingerprint density at radius 2 is 1.19 bits per heavy atom. The first-order valence-corrected chi connectivity index (χ1v) is 7.99. The summed E-state index contributed by atoms with van der Waals surface area (Å²) in [6.45, 7) is 0. The number of phenols is 1. The fourth-order valence-electron chi connectivity index (χ4n) is 2.64. The first-order valence-electron chi connectivity index (χ1n) is 7.99. The average Bonchev–Trinajstić information content (AvgIpc) is 2.54. The van der Waals surface area contributed by atoms with Crippen molar-refractivity contribution in [2.75, 3.05) is 7.11 Å². The number of hydrogen-bond acceptors (Lipinski definition) is 2. The normalized spacial score (nSPS) is 8.96. The Morgan fingerprint density at radius 3 is 1.46 bits per heavy atom. The van der Waals surface area contributed by atoms with Crippen molar-refractivity contribution < 1.29 is 9.84 Å². The van der Waals surface area contributed by atoms with Gasteiger partial charge in [0.15, 0.2) is 0 Å². The van der Waals surface area contributed by atoms with Crippen molar-refractivity contribution in [3.05, 3.63) is 24.3 Å². The molecule has 2 nitrogen and oxygen atoms in total. The van der Waals surface area contributed by atoms with E-state index in [9.17, 15) is 0 Å². The third-order valence-electron chi connectivity index (χ3n) is 3.96. The molecule has 19 radical (unpaired) electrons.